The predicted molar refractivity (Wildman–Crippen MR) is 171 cm³/mol. The molecule has 0 aliphatic carbocycles. The summed E-state index contributed by atoms with van der Waals surface area (Å²) in [7, 11) is 0. The Hall–Kier alpha value is -5.81. The molecule has 0 radical (unpaired) electrons. The van der Waals surface area contributed by atoms with Crippen LogP contribution in [0, 0.1) is 0 Å². The van der Waals surface area contributed by atoms with Crippen molar-refractivity contribution in [2.24, 2.45) is 0 Å². The molecule has 9 aromatic rings. The molecule has 0 atom stereocenters. The Morgan fingerprint density at radius 2 is 1.26 bits per heavy atom. The molecule has 42 heavy (non-hydrogen) atoms. The lowest BCUT2D eigenvalue weighted by molar-refractivity contribution is 1.04. The van der Waals surface area contributed by atoms with Gasteiger partial charge in [-0.15, -0.1) is 0 Å². The molecule has 0 spiro atoms. The van der Waals surface area contributed by atoms with Gasteiger partial charge in [0, 0.05) is 56.8 Å². The second-order valence-electron chi connectivity index (χ2n) is 10.6. The van der Waals surface area contributed by atoms with E-state index in [4.69, 9.17) is 4.98 Å². The smallest absolute Gasteiger partial charge is 0.163 e. The molecule has 196 valence electrons. The van der Waals surface area contributed by atoms with Crippen molar-refractivity contribution in [3.8, 4) is 22.9 Å². The average molecular weight is 538 g/mol. The second-order valence-corrected chi connectivity index (χ2v) is 10.6. The fourth-order valence-electron chi connectivity index (χ4n) is 6.45. The summed E-state index contributed by atoms with van der Waals surface area (Å²) in [5.41, 5.74) is 6.66. The monoisotopic (exact) mass is 537 g/mol. The third kappa shape index (κ3) is 3.28. The zero-order valence-corrected chi connectivity index (χ0v) is 22.5. The molecule has 0 saturated carbocycles. The van der Waals surface area contributed by atoms with Gasteiger partial charge in [-0.2, -0.15) is 0 Å². The van der Waals surface area contributed by atoms with Crippen molar-refractivity contribution in [1.82, 2.24) is 24.1 Å². The summed E-state index contributed by atoms with van der Waals surface area (Å²) in [6.45, 7) is 0. The fourth-order valence-corrected chi connectivity index (χ4v) is 6.45. The van der Waals surface area contributed by atoms with Crippen molar-refractivity contribution in [2.45, 2.75) is 0 Å². The van der Waals surface area contributed by atoms with Crippen LogP contribution >= 0.6 is 0 Å². The Morgan fingerprint density at radius 3 is 2.07 bits per heavy atom. The number of fused-ring (bicyclic) bond motifs is 8. The summed E-state index contributed by atoms with van der Waals surface area (Å²) >= 11 is 0. The zero-order valence-electron chi connectivity index (χ0n) is 22.5. The van der Waals surface area contributed by atoms with E-state index in [1.54, 1.807) is 12.4 Å². The van der Waals surface area contributed by atoms with Gasteiger partial charge in [0.2, 0.25) is 0 Å². The van der Waals surface area contributed by atoms with E-state index in [0.717, 1.165) is 28.1 Å². The van der Waals surface area contributed by atoms with Gasteiger partial charge in [0.1, 0.15) is 5.82 Å². The highest BCUT2D eigenvalue weighted by Gasteiger charge is 2.19. The Bertz CT molecular complexity index is 2450. The van der Waals surface area contributed by atoms with Gasteiger partial charge in [-0.25, -0.2) is 9.97 Å². The summed E-state index contributed by atoms with van der Waals surface area (Å²) in [4.78, 5) is 13.9. The first-order chi connectivity index (χ1) is 20.8. The maximum atomic E-state index is 5.03. The number of nitrogens with zero attached hydrogens (tertiary/aromatic N) is 5. The average Bonchev–Trinajstić information content (AvgIpc) is 3.57. The highest BCUT2D eigenvalue weighted by Crippen LogP contribution is 2.40. The highest BCUT2D eigenvalue weighted by molar-refractivity contribution is 6.22. The standard InChI is InChI=1S/C37H23N5/c1-2-10-26(11-3-1)41-32-14-6-4-12-27(32)29-17-16-24-21-31-28-13-5-7-15-33(28)42(34(31)22-30(24)36(29)41)35-18-20-39-37(40-35)25-9-8-19-38-23-25/h1-23H. The number of hydrogen-bond acceptors (Lipinski definition) is 3. The van der Waals surface area contributed by atoms with E-state index in [1.807, 2.05) is 24.4 Å². The van der Waals surface area contributed by atoms with Gasteiger partial charge in [0.15, 0.2) is 5.82 Å². The lowest BCUT2D eigenvalue weighted by Gasteiger charge is -2.11. The van der Waals surface area contributed by atoms with E-state index in [9.17, 15) is 0 Å². The number of hydrogen-bond donors (Lipinski definition) is 0. The molecule has 4 heterocycles. The molecule has 0 amide bonds. The minimum absolute atomic E-state index is 0.652. The van der Waals surface area contributed by atoms with Gasteiger partial charge < -0.3 is 4.57 Å². The van der Waals surface area contributed by atoms with Gasteiger partial charge >= 0.3 is 0 Å². The number of para-hydroxylation sites is 3. The fraction of sp³-hybridized carbons (Fsp3) is 0. The molecule has 5 aromatic carbocycles. The van der Waals surface area contributed by atoms with E-state index >= 15 is 0 Å². The van der Waals surface area contributed by atoms with E-state index in [0.29, 0.717) is 5.82 Å². The molecule has 0 saturated heterocycles. The third-order valence-corrected chi connectivity index (χ3v) is 8.25. The largest absolute Gasteiger partial charge is 0.309 e. The van der Waals surface area contributed by atoms with Crippen LogP contribution in [0.1, 0.15) is 0 Å². The summed E-state index contributed by atoms with van der Waals surface area (Å²) in [5.74, 6) is 1.48. The van der Waals surface area contributed by atoms with Crippen LogP contribution < -0.4 is 0 Å². The van der Waals surface area contributed by atoms with Gasteiger partial charge in [0.25, 0.3) is 0 Å². The van der Waals surface area contributed by atoms with Gasteiger partial charge in [-0.1, -0.05) is 66.7 Å². The van der Waals surface area contributed by atoms with E-state index in [-0.39, 0.29) is 0 Å². The SMILES string of the molecule is c1ccc(-n2c3ccccc3c3ccc4cc5c6ccccc6n(-c6ccnc(-c7cccnc7)n6)c5cc4c32)cc1. The molecule has 9 rings (SSSR count). The quantitative estimate of drug-likeness (QED) is 0.226. The maximum absolute atomic E-state index is 5.03. The summed E-state index contributed by atoms with van der Waals surface area (Å²) in [6, 6.07) is 43.0. The van der Waals surface area contributed by atoms with Crippen LogP contribution in [0.25, 0.3) is 77.3 Å². The molecular formula is C37H23N5. The van der Waals surface area contributed by atoms with E-state index in [1.165, 1.54) is 43.4 Å². The van der Waals surface area contributed by atoms with Crippen molar-refractivity contribution >= 4 is 54.4 Å². The summed E-state index contributed by atoms with van der Waals surface area (Å²) < 4.78 is 4.66. The zero-order chi connectivity index (χ0) is 27.6. The van der Waals surface area contributed by atoms with Crippen LogP contribution in [-0.2, 0) is 0 Å². The molecular weight excluding hydrogens is 514 g/mol. The Balaban J connectivity index is 1.42. The molecule has 4 aromatic heterocycles. The first-order valence-electron chi connectivity index (χ1n) is 14.0. The topological polar surface area (TPSA) is 48.5 Å². The lowest BCUT2D eigenvalue weighted by Crippen LogP contribution is -2.00. The molecule has 5 heteroatoms. The van der Waals surface area contributed by atoms with E-state index in [2.05, 4.69) is 122 Å². The Labute approximate surface area is 241 Å². The molecule has 0 unspecified atom stereocenters. The number of benzene rings is 5. The molecule has 0 bridgehead atoms. The molecule has 5 nitrogen and oxygen atoms in total. The van der Waals surface area contributed by atoms with Crippen molar-refractivity contribution in [3.05, 3.63) is 140 Å². The van der Waals surface area contributed by atoms with Crippen LogP contribution in [-0.4, -0.2) is 24.1 Å². The second kappa shape index (κ2) is 8.85. The molecule has 0 aliphatic heterocycles. The van der Waals surface area contributed by atoms with Crippen LogP contribution in [0.5, 0.6) is 0 Å². The van der Waals surface area contributed by atoms with Crippen LogP contribution in [0.4, 0.5) is 0 Å². The minimum atomic E-state index is 0.652. The van der Waals surface area contributed by atoms with Crippen molar-refractivity contribution in [1.29, 1.82) is 0 Å². The minimum Gasteiger partial charge on any atom is -0.309 e. The number of aromatic nitrogens is 5. The molecule has 0 fully saturated rings. The van der Waals surface area contributed by atoms with Gasteiger partial charge in [-0.05, 0) is 60.0 Å². The Morgan fingerprint density at radius 1 is 0.500 bits per heavy atom. The molecule has 0 N–H and O–H groups in total. The van der Waals surface area contributed by atoms with Gasteiger partial charge in [0.05, 0.1) is 22.1 Å². The highest BCUT2D eigenvalue weighted by atomic mass is 15.1. The van der Waals surface area contributed by atoms with Gasteiger partial charge in [-0.3, -0.25) is 9.55 Å². The number of pyridine rings is 1. The maximum Gasteiger partial charge on any atom is 0.163 e. The predicted octanol–water partition coefficient (Wildman–Crippen LogP) is 8.89. The third-order valence-electron chi connectivity index (χ3n) is 8.25. The first-order valence-corrected chi connectivity index (χ1v) is 14.0. The number of rotatable bonds is 3. The van der Waals surface area contributed by atoms with Crippen LogP contribution in [0.2, 0.25) is 0 Å². The summed E-state index contributed by atoms with van der Waals surface area (Å²) in [5, 5.41) is 7.28. The Kier molecular flexibility index (Phi) is 4.83. The van der Waals surface area contributed by atoms with Crippen molar-refractivity contribution in [3.63, 3.8) is 0 Å². The van der Waals surface area contributed by atoms with Crippen molar-refractivity contribution < 1.29 is 0 Å². The normalized spacial score (nSPS) is 11.8. The van der Waals surface area contributed by atoms with Crippen LogP contribution in [0.3, 0.4) is 0 Å². The molecule has 0 aliphatic rings. The first kappa shape index (κ1) is 22.9. The lowest BCUT2D eigenvalue weighted by atomic mass is 10.0. The van der Waals surface area contributed by atoms with Crippen LogP contribution in [0.15, 0.2) is 140 Å². The van der Waals surface area contributed by atoms with Crippen molar-refractivity contribution in [2.75, 3.05) is 0 Å². The van der Waals surface area contributed by atoms with E-state index < -0.39 is 0 Å². The summed E-state index contributed by atoms with van der Waals surface area (Å²) in [6.07, 6.45) is 5.40.